The summed E-state index contributed by atoms with van der Waals surface area (Å²) in [4.78, 5) is 43.5. The Bertz CT molecular complexity index is 1360. The van der Waals surface area contributed by atoms with Gasteiger partial charge in [-0.15, -0.1) is 23.5 Å². The van der Waals surface area contributed by atoms with Crippen molar-refractivity contribution in [3.8, 4) is 11.3 Å². The first kappa shape index (κ1) is 23.9. The van der Waals surface area contributed by atoms with Gasteiger partial charge in [0.25, 0.3) is 5.91 Å². The predicted molar refractivity (Wildman–Crippen MR) is 136 cm³/mol. The quantitative estimate of drug-likeness (QED) is 0.340. The number of hydrogen-bond acceptors (Lipinski definition) is 8. The molecule has 2 aliphatic heterocycles. The van der Waals surface area contributed by atoms with E-state index in [1.165, 1.54) is 28.4 Å². The van der Waals surface area contributed by atoms with Gasteiger partial charge in [-0.1, -0.05) is 29.4 Å². The summed E-state index contributed by atoms with van der Waals surface area (Å²) in [6.07, 6.45) is 6.56. The number of amides is 2. The second-order valence-corrected chi connectivity index (χ2v) is 10.1. The van der Waals surface area contributed by atoms with Crippen molar-refractivity contribution in [3.63, 3.8) is 0 Å². The van der Waals surface area contributed by atoms with Crippen LogP contribution in [0, 0.1) is 0 Å². The molecule has 1 aromatic carbocycles. The van der Waals surface area contributed by atoms with Crippen molar-refractivity contribution in [2.45, 2.75) is 16.3 Å². The second kappa shape index (κ2) is 10.4. The molecule has 2 N–H and O–H groups in total. The summed E-state index contributed by atoms with van der Waals surface area (Å²) in [5.41, 5.74) is 1.86. The predicted octanol–water partition coefficient (Wildman–Crippen LogP) is 3.28. The van der Waals surface area contributed by atoms with Gasteiger partial charge < -0.3 is 14.9 Å². The highest BCUT2D eigenvalue weighted by atomic mass is 32.2. The molecule has 5 rings (SSSR count). The average molecular weight is 521 g/mol. The Balaban J connectivity index is 1.26. The third kappa shape index (κ3) is 4.93. The lowest BCUT2D eigenvalue weighted by atomic mass is 10.0. The number of β-lactam (4-membered cyclic amide) rings is 1. The molecule has 2 aliphatic rings. The van der Waals surface area contributed by atoms with Gasteiger partial charge in [0.15, 0.2) is 5.76 Å². The molecule has 1 saturated heterocycles. The number of carboxylic acid groups (broad SMARTS) is 1. The minimum Gasteiger partial charge on any atom is -0.477 e. The molecule has 4 heterocycles. The maximum Gasteiger partial charge on any atom is 0.352 e. The van der Waals surface area contributed by atoms with Gasteiger partial charge in [0.05, 0.1) is 5.75 Å². The number of allylic oxidation sites excluding steroid dienone is 1. The first-order chi connectivity index (χ1) is 17.5. The van der Waals surface area contributed by atoms with Gasteiger partial charge >= 0.3 is 5.97 Å². The van der Waals surface area contributed by atoms with Crippen molar-refractivity contribution in [1.29, 1.82) is 0 Å². The molecule has 2 aromatic heterocycles. The van der Waals surface area contributed by atoms with E-state index in [9.17, 15) is 19.5 Å². The van der Waals surface area contributed by atoms with Crippen LogP contribution >= 0.6 is 23.5 Å². The van der Waals surface area contributed by atoms with E-state index in [1.54, 1.807) is 42.7 Å². The Labute approximate surface area is 214 Å². The van der Waals surface area contributed by atoms with Crippen molar-refractivity contribution >= 4 is 47.4 Å². The topological polar surface area (TPSA) is 126 Å². The zero-order valence-corrected chi connectivity index (χ0v) is 20.4. The van der Waals surface area contributed by atoms with Crippen molar-refractivity contribution < 1.29 is 24.0 Å². The van der Waals surface area contributed by atoms with Crippen LogP contribution in [0.4, 0.5) is 0 Å². The molecule has 0 bridgehead atoms. The first-order valence-corrected chi connectivity index (χ1v) is 13.0. The molecule has 1 fully saturated rings. The van der Waals surface area contributed by atoms with Gasteiger partial charge in [0.1, 0.15) is 22.8 Å². The SMILES string of the molecule is O=C(CSc1ccccc1)N[C@@H]1C(=O)N2C(C(=O)O)=C(/C=C/c3cc(-c4ccncc4)no3)CS[C@H]12. The lowest BCUT2D eigenvalue weighted by Gasteiger charge is -2.49. The third-order valence-corrected chi connectivity index (χ3v) is 7.90. The van der Waals surface area contributed by atoms with E-state index >= 15 is 0 Å². The van der Waals surface area contributed by atoms with Crippen LogP contribution < -0.4 is 5.32 Å². The van der Waals surface area contributed by atoms with Crippen LogP contribution in [0.1, 0.15) is 5.76 Å². The van der Waals surface area contributed by atoms with E-state index in [2.05, 4.69) is 15.5 Å². The molecule has 182 valence electrons. The number of carbonyl (C=O) groups is 3. The number of aromatic nitrogens is 2. The van der Waals surface area contributed by atoms with Crippen LogP contribution in [-0.4, -0.2) is 60.9 Å². The molecule has 0 radical (unpaired) electrons. The lowest BCUT2D eigenvalue weighted by Crippen LogP contribution is -2.70. The lowest BCUT2D eigenvalue weighted by molar-refractivity contribution is -0.150. The summed E-state index contributed by atoms with van der Waals surface area (Å²) in [5, 5.41) is 16.2. The number of hydrogen-bond donors (Lipinski definition) is 2. The normalized spacial score (nSPS) is 19.2. The van der Waals surface area contributed by atoms with Gasteiger partial charge in [-0.25, -0.2) is 4.79 Å². The van der Waals surface area contributed by atoms with Crippen LogP contribution in [0.5, 0.6) is 0 Å². The fraction of sp³-hybridized carbons (Fsp3) is 0.160. The molecule has 3 aromatic rings. The van der Waals surface area contributed by atoms with Crippen molar-refractivity contribution in [2.24, 2.45) is 0 Å². The monoisotopic (exact) mass is 520 g/mol. The third-order valence-electron chi connectivity index (χ3n) is 5.58. The van der Waals surface area contributed by atoms with E-state index < -0.39 is 23.3 Å². The minimum atomic E-state index is -1.20. The highest BCUT2D eigenvalue weighted by Crippen LogP contribution is 2.41. The summed E-state index contributed by atoms with van der Waals surface area (Å²) in [6.45, 7) is 0. The maximum absolute atomic E-state index is 12.8. The number of carboxylic acids is 1. The summed E-state index contributed by atoms with van der Waals surface area (Å²) in [7, 11) is 0. The Morgan fingerprint density at radius 1 is 1.19 bits per heavy atom. The van der Waals surface area contributed by atoms with Gasteiger partial charge in [-0.2, -0.15) is 0 Å². The van der Waals surface area contributed by atoms with Crippen LogP contribution in [0.15, 0.2) is 87.7 Å². The molecule has 0 unspecified atom stereocenters. The molecule has 2 atom stereocenters. The summed E-state index contributed by atoms with van der Waals surface area (Å²) in [5.74, 6) is -0.935. The van der Waals surface area contributed by atoms with Gasteiger partial charge in [-0.3, -0.25) is 19.5 Å². The molecule has 2 amide bonds. The Kier molecular flexibility index (Phi) is 6.92. The van der Waals surface area contributed by atoms with Crippen LogP contribution in [-0.2, 0) is 14.4 Å². The number of pyridine rings is 1. The zero-order valence-electron chi connectivity index (χ0n) is 18.7. The smallest absolute Gasteiger partial charge is 0.352 e. The number of aliphatic carboxylic acids is 1. The molecular weight excluding hydrogens is 500 g/mol. The molecule has 0 saturated carbocycles. The summed E-state index contributed by atoms with van der Waals surface area (Å²) >= 11 is 2.78. The minimum absolute atomic E-state index is 0.0852. The maximum atomic E-state index is 12.8. The number of thioether (sulfide) groups is 2. The van der Waals surface area contributed by atoms with E-state index in [0.29, 0.717) is 22.8 Å². The van der Waals surface area contributed by atoms with E-state index in [1.807, 2.05) is 30.3 Å². The van der Waals surface area contributed by atoms with E-state index in [4.69, 9.17) is 4.52 Å². The average Bonchev–Trinajstić information content (AvgIpc) is 3.39. The highest BCUT2D eigenvalue weighted by Gasteiger charge is 2.53. The molecule has 0 aliphatic carbocycles. The zero-order chi connectivity index (χ0) is 25.1. The standard InChI is InChI=1S/C25H20N4O5S2/c30-20(14-35-18-4-2-1-3-5-18)27-21-23(31)29-22(25(32)33)16(13-36-24(21)29)6-7-17-12-19(28-34-17)15-8-10-26-11-9-15/h1-12,21,24H,13-14H2,(H,27,30)(H,32,33)/b7-6+/t21-,24-/m1/s1. The number of rotatable bonds is 8. The summed E-state index contributed by atoms with van der Waals surface area (Å²) in [6, 6.07) is 14.1. The molecule has 9 nitrogen and oxygen atoms in total. The fourth-order valence-electron chi connectivity index (χ4n) is 3.86. The van der Waals surface area contributed by atoms with Crippen molar-refractivity contribution in [2.75, 3.05) is 11.5 Å². The van der Waals surface area contributed by atoms with Crippen molar-refractivity contribution in [3.05, 3.63) is 84.0 Å². The number of carbonyl (C=O) groups excluding carboxylic acids is 2. The van der Waals surface area contributed by atoms with E-state index in [0.717, 1.165) is 10.5 Å². The van der Waals surface area contributed by atoms with Gasteiger partial charge in [0.2, 0.25) is 5.91 Å². The van der Waals surface area contributed by atoms with E-state index in [-0.39, 0.29) is 17.4 Å². The first-order valence-electron chi connectivity index (χ1n) is 10.9. The fourth-order valence-corrected chi connectivity index (χ4v) is 5.91. The van der Waals surface area contributed by atoms with Crippen LogP contribution in [0.2, 0.25) is 0 Å². The second-order valence-electron chi connectivity index (χ2n) is 7.92. The largest absolute Gasteiger partial charge is 0.477 e. The number of nitrogens with one attached hydrogen (secondary N) is 1. The van der Waals surface area contributed by atoms with Crippen LogP contribution in [0.25, 0.3) is 17.3 Å². The molecule has 11 heteroatoms. The molecular formula is C25H20N4O5S2. The Morgan fingerprint density at radius 3 is 2.72 bits per heavy atom. The van der Waals surface area contributed by atoms with Crippen LogP contribution in [0.3, 0.4) is 0 Å². The molecule has 36 heavy (non-hydrogen) atoms. The van der Waals surface area contributed by atoms with Crippen molar-refractivity contribution in [1.82, 2.24) is 20.4 Å². The highest BCUT2D eigenvalue weighted by molar-refractivity contribution is 8.00. The summed E-state index contributed by atoms with van der Waals surface area (Å²) < 4.78 is 5.34. The Hall–Kier alpha value is -3.83. The van der Waals surface area contributed by atoms with Gasteiger partial charge in [-0.05, 0) is 35.9 Å². The number of nitrogens with zero attached hydrogens (tertiary/aromatic N) is 3. The Morgan fingerprint density at radius 2 is 1.97 bits per heavy atom. The van der Waals surface area contributed by atoms with Gasteiger partial charge in [0, 0.05) is 34.7 Å². The number of fused-ring (bicyclic) bond motifs is 1. The molecule has 0 spiro atoms. The number of benzene rings is 1.